The van der Waals surface area contributed by atoms with Gasteiger partial charge in [-0.25, -0.2) is 4.79 Å². The van der Waals surface area contributed by atoms with Crippen LogP contribution in [0.25, 0.3) is 0 Å². The third-order valence-corrected chi connectivity index (χ3v) is 5.02. The number of esters is 1. The Morgan fingerprint density at radius 2 is 1.88 bits per heavy atom. The topological polar surface area (TPSA) is 55.4 Å². The highest BCUT2D eigenvalue weighted by Crippen LogP contribution is 2.22. The predicted octanol–water partition coefficient (Wildman–Crippen LogP) is 4.82. The molecule has 0 heterocycles. The lowest BCUT2D eigenvalue weighted by atomic mass is 10.1. The van der Waals surface area contributed by atoms with Gasteiger partial charge in [0.15, 0.2) is 0 Å². The molecule has 2 aromatic rings. The summed E-state index contributed by atoms with van der Waals surface area (Å²) in [7, 11) is 1.30. The second-order valence-electron chi connectivity index (χ2n) is 5.72. The summed E-state index contributed by atoms with van der Waals surface area (Å²) in [6.45, 7) is 0. The van der Waals surface area contributed by atoms with Gasteiger partial charge in [-0.05, 0) is 48.8 Å². The fourth-order valence-corrected chi connectivity index (χ4v) is 3.42. The molecule has 2 rings (SSSR count). The van der Waals surface area contributed by atoms with Crippen molar-refractivity contribution in [1.29, 1.82) is 0 Å². The van der Waals surface area contributed by atoms with Crippen LogP contribution in [-0.4, -0.2) is 30.5 Å². The number of hydrogen-bond acceptors (Lipinski definition) is 4. The van der Waals surface area contributed by atoms with Gasteiger partial charge in [0, 0.05) is 5.02 Å². The fourth-order valence-electron chi connectivity index (χ4n) is 2.44. The highest BCUT2D eigenvalue weighted by molar-refractivity contribution is 7.99. The van der Waals surface area contributed by atoms with Gasteiger partial charge < -0.3 is 10.1 Å². The van der Waals surface area contributed by atoms with Crippen LogP contribution in [0.2, 0.25) is 5.02 Å². The Kier molecular flexibility index (Phi) is 8.51. The van der Waals surface area contributed by atoms with Crippen molar-refractivity contribution in [2.75, 3.05) is 23.9 Å². The molecule has 0 spiro atoms. The molecule has 0 aliphatic rings. The minimum Gasteiger partial charge on any atom is -0.465 e. The lowest BCUT2D eigenvalue weighted by molar-refractivity contribution is -0.113. The average molecular weight is 392 g/mol. The predicted molar refractivity (Wildman–Crippen MR) is 108 cm³/mol. The summed E-state index contributed by atoms with van der Waals surface area (Å²) in [5.41, 5.74) is 2.00. The van der Waals surface area contributed by atoms with Gasteiger partial charge in [-0.1, -0.05) is 41.9 Å². The van der Waals surface area contributed by atoms with Crippen LogP contribution in [-0.2, 0) is 16.0 Å². The number of benzene rings is 2. The van der Waals surface area contributed by atoms with E-state index >= 15 is 0 Å². The zero-order valence-corrected chi connectivity index (χ0v) is 16.2. The molecule has 0 atom stereocenters. The van der Waals surface area contributed by atoms with E-state index in [0.717, 1.165) is 25.0 Å². The van der Waals surface area contributed by atoms with E-state index in [4.69, 9.17) is 16.3 Å². The highest BCUT2D eigenvalue weighted by atomic mass is 35.5. The number of ether oxygens (including phenoxy) is 1. The van der Waals surface area contributed by atoms with E-state index in [1.807, 2.05) is 18.2 Å². The van der Waals surface area contributed by atoms with Crippen LogP contribution in [0.1, 0.15) is 28.8 Å². The molecular weight excluding hydrogens is 370 g/mol. The summed E-state index contributed by atoms with van der Waals surface area (Å²) in [4.78, 5) is 23.9. The fraction of sp³-hybridized carbons (Fsp3) is 0.300. The molecule has 1 N–H and O–H groups in total. The van der Waals surface area contributed by atoms with Crippen LogP contribution in [0.15, 0.2) is 48.5 Å². The molecule has 0 fully saturated rings. The molecule has 0 bridgehead atoms. The smallest absolute Gasteiger partial charge is 0.339 e. The van der Waals surface area contributed by atoms with Crippen LogP contribution < -0.4 is 5.32 Å². The van der Waals surface area contributed by atoms with Crippen LogP contribution in [0.5, 0.6) is 0 Å². The van der Waals surface area contributed by atoms with Crippen LogP contribution in [0, 0.1) is 0 Å². The van der Waals surface area contributed by atoms with Crippen molar-refractivity contribution in [3.8, 4) is 0 Å². The lowest BCUT2D eigenvalue weighted by Gasteiger charge is -2.10. The first-order valence-electron chi connectivity index (χ1n) is 8.39. The SMILES string of the molecule is COC(=O)c1ccc(Cl)cc1NC(=O)CSCCCCc1ccccc1. The lowest BCUT2D eigenvalue weighted by Crippen LogP contribution is -2.17. The summed E-state index contributed by atoms with van der Waals surface area (Å²) in [6.07, 6.45) is 3.20. The number of carbonyl (C=O) groups excluding carboxylic acids is 2. The Morgan fingerprint density at radius 1 is 1.12 bits per heavy atom. The zero-order valence-electron chi connectivity index (χ0n) is 14.7. The van der Waals surface area contributed by atoms with Gasteiger partial charge in [0.05, 0.1) is 24.1 Å². The Morgan fingerprint density at radius 3 is 2.62 bits per heavy atom. The second kappa shape index (κ2) is 10.9. The molecule has 138 valence electrons. The molecule has 0 aliphatic heterocycles. The normalized spacial score (nSPS) is 10.4. The number of amides is 1. The molecule has 26 heavy (non-hydrogen) atoms. The third kappa shape index (κ3) is 6.73. The molecule has 0 saturated heterocycles. The van der Waals surface area contributed by atoms with Crippen molar-refractivity contribution in [3.05, 3.63) is 64.7 Å². The molecule has 2 aromatic carbocycles. The molecule has 0 aromatic heterocycles. The van der Waals surface area contributed by atoms with Gasteiger partial charge in [0.2, 0.25) is 5.91 Å². The Balaban J connectivity index is 1.72. The Bertz CT molecular complexity index is 737. The van der Waals surface area contributed by atoms with Crippen LogP contribution >= 0.6 is 23.4 Å². The molecule has 0 aliphatic carbocycles. The number of rotatable bonds is 9. The summed E-state index contributed by atoms with van der Waals surface area (Å²) in [6, 6.07) is 15.1. The number of methoxy groups -OCH3 is 1. The zero-order chi connectivity index (χ0) is 18.8. The molecule has 1 amide bonds. The summed E-state index contributed by atoms with van der Waals surface area (Å²) >= 11 is 7.53. The first-order valence-corrected chi connectivity index (χ1v) is 9.93. The average Bonchev–Trinajstić information content (AvgIpc) is 2.65. The largest absolute Gasteiger partial charge is 0.465 e. The van der Waals surface area contributed by atoms with E-state index in [-0.39, 0.29) is 11.5 Å². The van der Waals surface area contributed by atoms with E-state index in [1.165, 1.54) is 12.7 Å². The molecule has 4 nitrogen and oxygen atoms in total. The van der Waals surface area contributed by atoms with Gasteiger partial charge >= 0.3 is 5.97 Å². The monoisotopic (exact) mass is 391 g/mol. The van der Waals surface area contributed by atoms with E-state index in [2.05, 4.69) is 17.4 Å². The highest BCUT2D eigenvalue weighted by Gasteiger charge is 2.14. The van der Waals surface area contributed by atoms with Gasteiger partial charge in [-0.3, -0.25) is 4.79 Å². The molecule has 0 radical (unpaired) electrons. The second-order valence-corrected chi connectivity index (χ2v) is 7.27. The van der Waals surface area contributed by atoms with E-state index in [0.29, 0.717) is 16.5 Å². The number of anilines is 1. The summed E-state index contributed by atoms with van der Waals surface area (Å²) in [5, 5.41) is 3.18. The third-order valence-electron chi connectivity index (χ3n) is 3.74. The number of carbonyl (C=O) groups is 2. The van der Waals surface area contributed by atoms with E-state index < -0.39 is 5.97 Å². The Hall–Kier alpha value is -1.98. The van der Waals surface area contributed by atoms with Crippen molar-refractivity contribution >= 4 is 40.9 Å². The minimum atomic E-state index is -0.509. The summed E-state index contributed by atoms with van der Waals surface area (Å²) < 4.78 is 4.72. The molecule has 0 saturated carbocycles. The van der Waals surface area contributed by atoms with E-state index in [9.17, 15) is 9.59 Å². The number of unbranched alkanes of at least 4 members (excludes halogenated alkanes) is 1. The summed E-state index contributed by atoms with van der Waals surface area (Å²) in [5.74, 6) is 0.578. The quantitative estimate of drug-likeness (QED) is 0.491. The van der Waals surface area contributed by atoms with Gasteiger partial charge in [0.25, 0.3) is 0 Å². The molecule has 6 heteroatoms. The number of hydrogen-bond donors (Lipinski definition) is 1. The standard InChI is InChI=1S/C20H22ClNO3S/c1-25-20(24)17-11-10-16(21)13-18(17)22-19(23)14-26-12-6-5-9-15-7-3-2-4-8-15/h2-4,7-8,10-11,13H,5-6,9,12,14H2,1H3,(H,22,23). The minimum absolute atomic E-state index is 0.162. The number of halogens is 1. The first kappa shape index (κ1) is 20.3. The molecule has 0 unspecified atom stereocenters. The van der Waals surface area contributed by atoms with Gasteiger partial charge in [-0.2, -0.15) is 11.8 Å². The van der Waals surface area contributed by atoms with Crippen molar-refractivity contribution in [3.63, 3.8) is 0 Å². The van der Waals surface area contributed by atoms with Crippen molar-refractivity contribution in [2.24, 2.45) is 0 Å². The maximum atomic E-state index is 12.1. The van der Waals surface area contributed by atoms with Crippen LogP contribution in [0.4, 0.5) is 5.69 Å². The van der Waals surface area contributed by atoms with Crippen molar-refractivity contribution in [1.82, 2.24) is 0 Å². The van der Waals surface area contributed by atoms with E-state index in [1.54, 1.807) is 30.0 Å². The number of aryl methyl sites for hydroxylation is 1. The first-order chi connectivity index (χ1) is 12.6. The van der Waals surface area contributed by atoms with Crippen molar-refractivity contribution < 1.29 is 14.3 Å². The molecular formula is C20H22ClNO3S. The number of thioether (sulfide) groups is 1. The number of nitrogens with one attached hydrogen (secondary N) is 1. The van der Waals surface area contributed by atoms with Crippen molar-refractivity contribution in [2.45, 2.75) is 19.3 Å². The van der Waals surface area contributed by atoms with Gasteiger partial charge in [0.1, 0.15) is 0 Å². The maximum Gasteiger partial charge on any atom is 0.339 e. The van der Waals surface area contributed by atoms with Crippen LogP contribution in [0.3, 0.4) is 0 Å². The maximum absolute atomic E-state index is 12.1. The Labute approximate surface area is 163 Å². The van der Waals surface area contributed by atoms with Gasteiger partial charge in [-0.15, -0.1) is 0 Å².